The number of nitro groups is 1. The number of aromatic nitrogens is 2. The summed E-state index contributed by atoms with van der Waals surface area (Å²) in [4.78, 5) is 14.3. The molecule has 0 bridgehead atoms. The van der Waals surface area contributed by atoms with Crippen LogP contribution in [0.4, 0.5) is 23.0 Å². The molecule has 2 aromatic carbocycles. The van der Waals surface area contributed by atoms with Crippen molar-refractivity contribution in [1.29, 1.82) is 5.26 Å². The molecule has 0 aliphatic carbocycles. The number of hydrogen-bond donors (Lipinski definition) is 3. The first-order valence-electron chi connectivity index (χ1n) is 7.94. The van der Waals surface area contributed by atoms with E-state index in [-0.39, 0.29) is 11.4 Å². The van der Waals surface area contributed by atoms with Crippen LogP contribution in [0.2, 0.25) is 0 Å². The van der Waals surface area contributed by atoms with Gasteiger partial charge in [-0.15, -0.1) is 0 Å². The number of aromatic hydroxyl groups is 1. The quantitative estimate of drug-likeness (QED) is 0.155. The van der Waals surface area contributed by atoms with E-state index in [2.05, 4.69) is 49.2 Å². The molecule has 0 aliphatic rings. The molecule has 1 heterocycles. The van der Waals surface area contributed by atoms with E-state index >= 15 is 0 Å². The first-order chi connectivity index (χ1) is 13.5. The summed E-state index contributed by atoms with van der Waals surface area (Å²) in [6.45, 7) is 0. The van der Waals surface area contributed by atoms with Crippen LogP contribution in [0.1, 0.15) is 16.7 Å². The predicted octanol–water partition coefficient (Wildman–Crippen LogP) is 4.32. The minimum absolute atomic E-state index is 0.227. The number of halogens is 1. The molecular formula is C18H13IN6O3. The normalized spacial score (nSPS) is 10.7. The van der Waals surface area contributed by atoms with Crippen molar-refractivity contribution >= 4 is 51.8 Å². The Labute approximate surface area is 173 Å². The van der Waals surface area contributed by atoms with Crippen LogP contribution in [0.3, 0.4) is 0 Å². The van der Waals surface area contributed by atoms with Crippen molar-refractivity contribution < 1.29 is 10.0 Å². The fourth-order valence-electron chi connectivity index (χ4n) is 2.42. The molecule has 0 saturated heterocycles. The van der Waals surface area contributed by atoms with Crippen LogP contribution >= 0.6 is 22.6 Å². The largest absolute Gasteiger partial charge is 0.502 e. The number of phenols is 1. The van der Waals surface area contributed by atoms with Gasteiger partial charge in [0.25, 0.3) is 0 Å². The van der Waals surface area contributed by atoms with Crippen LogP contribution in [0, 0.1) is 21.4 Å². The summed E-state index contributed by atoms with van der Waals surface area (Å²) in [6, 6.07) is 13.6. The van der Waals surface area contributed by atoms with Gasteiger partial charge in [0.1, 0.15) is 11.6 Å². The van der Waals surface area contributed by atoms with E-state index in [4.69, 9.17) is 0 Å². The number of alkyl halides is 1. The topological polar surface area (TPSA) is 140 Å². The Hall–Kier alpha value is -3.46. The standard InChI is InChI=1S/C18H13IN6O3/c19-8-12-3-1-2-4-14(12)22-18-13(9-20)17(23-24-18)21-10-11-5-6-15(25(27)28)16(26)7-11/h1-7,10,26H,8H2,(H2,22,23,24)/b21-10+. The molecule has 3 rings (SSSR count). The summed E-state index contributed by atoms with van der Waals surface area (Å²) in [6.07, 6.45) is 1.38. The number of hydrogen-bond acceptors (Lipinski definition) is 7. The number of nitriles is 1. The maximum absolute atomic E-state index is 10.7. The van der Waals surface area contributed by atoms with Gasteiger partial charge in [0.05, 0.1) is 4.92 Å². The highest BCUT2D eigenvalue weighted by Gasteiger charge is 2.15. The monoisotopic (exact) mass is 488 g/mol. The molecule has 0 aliphatic heterocycles. The Balaban J connectivity index is 1.86. The van der Waals surface area contributed by atoms with E-state index in [1.807, 2.05) is 24.3 Å². The lowest BCUT2D eigenvalue weighted by molar-refractivity contribution is -0.385. The van der Waals surface area contributed by atoms with Gasteiger partial charge in [-0.1, -0.05) is 40.8 Å². The van der Waals surface area contributed by atoms with Crippen molar-refractivity contribution in [2.75, 3.05) is 5.32 Å². The maximum Gasteiger partial charge on any atom is 0.310 e. The Morgan fingerprint density at radius 3 is 2.86 bits per heavy atom. The molecule has 0 radical (unpaired) electrons. The highest BCUT2D eigenvalue weighted by molar-refractivity contribution is 14.1. The van der Waals surface area contributed by atoms with Gasteiger partial charge in [-0.2, -0.15) is 10.4 Å². The summed E-state index contributed by atoms with van der Waals surface area (Å²) >= 11 is 2.25. The van der Waals surface area contributed by atoms with Gasteiger partial charge in [-0.3, -0.25) is 15.2 Å². The number of phenolic OH excluding ortho intramolecular Hbond substituents is 1. The number of nitrogens with zero attached hydrogens (tertiary/aromatic N) is 4. The molecule has 0 amide bonds. The van der Waals surface area contributed by atoms with Gasteiger partial charge in [0, 0.05) is 22.4 Å². The Morgan fingerprint density at radius 2 is 2.18 bits per heavy atom. The van der Waals surface area contributed by atoms with Crippen LogP contribution in [0.15, 0.2) is 47.5 Å². The zero-order valence-electron chi connectivity index (χ0n) is 14.3. The van der Waals surface area contributed by atoms with Gasteiger partial charge < -0.3 is 10.4 Å². The fraction of sp³-hybridized carbons (Fsp3) is 0.0556. The SMILES string of the molecule is N#Cc1c(Nc2ccccc2CI)n[nH]c1/N=C/c1ccc([N+](=O)[O-])c(O)c1. The van der Waals surface area contributed by atoms with Crippen molar-refractivity contribution in [3.8, 4) is 11.8 Å². The molecule has 3 aromatic rings. The number of nitro benzene ring substituents is 1. The van der Waals surface area contributed by atoms with Crippen molar-refractivity contribution in [3.63, 3.8) is 0 Å². The molecule has 0 saturated carbocycles. The second-order valence-electron chi connectivity index (χ2n) is 5.59. The van der Waals surface area contributed by atoms with E-state index in [0.717, 1.165) is 15.7 Å². The van der Waals surface area contributed by atoms with Crippen molar-refractivity contribution in [3.05, 3.63) is 69.3 Å². The molecule has 140 valence electrons. The van der Waals surface area contributed by atoms with Crippen LogP contribution in [-0.4, -0.2) is 26.4 Å². The van der Waals surface area contributed by atoms with E-state index < -0.39 is 16.4 Å². The average molecular weight is 488 g/mol. The van der Waals surface area contributed by atoms with E-state index in [9.17, 15) is 20.5 Å². The maximum atomic E-state index is 10.7. The minimum Gasteiger partial charge on any atom is -0.502 e. The third-order valence-corrected chi connectivity index (χ3v) is 4.63. The average Bonchev–Trinajstić information content (AvgIpc) is 3.08. The van der Waals surface area contributed by atoms with Crippen LogP contribution < -0.4 is 5.32 Å². The number of nitrogens with one attached hydrogen (secondary N) is 2. The number of H-pyrrole nitrogens is 1. The molecule has 9 nitrogen and oxygen atoms in total. The molecule has 0 unspecified atom stereocenters. The summed E-state index contributed by atoms with van der Waals surface area (Å²) in [5.41, 5.74) is 2.19. The molecule has 3 N–H and O–H groups in total. The van der Waals surface area contributed by atoms with Gasteiger partial charge >= 0.3 is 5.69 Å². The van der Waals surface area contributed by atoms with Gasteiger partial charge in [-0.05, 0) is 29.3 Å². The highest BCUT2D eigenvalue weighted by atomic mass is 127. The van der Waals surface area contributed by atoms with Crippen molar-refractivity contribution in [2.45, 2.75) is 4.43 Å². The molecule has 0 atom stereocenters. The minimum atomic E-state index is -0.676. The van der Waals surface area contributed by atoms with Gasteiger partial charge in [0.15, 0.2) is 17.4 Å². The number of para-hydroxylation sites is 1. The molecule has 1 aromatic heterocycles. The number of anilines is 2. The van der Waals surface area contributed by atoms with Gasteiger partial charge in [-0.25, -0.2) is 4.99 Å². The van der Waals surface area contributed by atoms with E-state index in [1.54, 1.807) is 0 Å². The smallest absolute Gasteiger partial charge is 0.310 e. The van der Waals surface area contributed by atoms with Crippen LogP contribution in [-0.2, 0) is 4.43 Å². The zero-order valence-corrected chi connectivity index (χ0v) is 16.4. The number of aromatic amines is 1. The van der Waals surface area contributed by atoms with Crippen molar-refractivity contribution in [2.24, 2.45) is 4.99 Å². The molecule has 28 heavy (non-hydrogen) atoms. The lowest BCUT2D eigenvalue weighted by Crippen LogP contribution is -1.96. The Morgan fingerprint density at radius 1 is 1.39 bits per heavy atom. The summed E-state index contributed by atoms with van der Waals surface area (Å²) in [5.74, 6) is 0.116. The fourth-order valence-corrected chi connectivity index (χ4v) is 3.09. The summed E-state index contributed by atoms with van der Waals surface area (Å²) in [5, 5.41) is 39.9. The highest BCUT2D eigenvalue weighted by Crippen LogP contribution is 2.29. The Kier molecular flexibility index (Phi) is 5.85. The number of benzene rings is 2. The Bertz CT molecular complexity index is 1100. The van der Waals surface area contributed by atoms with Gasteiger partial charge in [0.2, 0.25) is 0 Å². The lowest BCUT2D eigenvalue weighted by Gasteiger charge is -2.07. The molecule has 0 spiro atoms. The molecule has 10 heteroatoms. The summed E-state index contributed by atoms with van der Waals surface area (Å²) in [7, 11) is 0. The predicted molar refractivity (Wildman–Crippen MR) is 113 cm³/mol. The second-order valence-corrected chi connectivity index (χ2v) is 6.35. The van der Waals surface area contributed by atoms with Crippen LogP contribution in [0.25, 0.3) is 0 Å². The third-order valence-electron chi connectivity index (χ3n) is 3.81. The summed E-state index contributed by atoms with van der Waals surface area (Å²) < 4.78 is 0.794. The van der Waals surface area contributed by atoms with E-state index in [0.29, 0.717) is 11.4 Å². The van der Waals surface area contributed by atoms with E-state index in [1.165, 1.54) is 24.4 Å². The second kappa shape index (κ2) is 8.49. The number of aliphatic imine (C=N–C) groups is 1. The van der Waals surface area contributed by atoms with Crippen molar-refractivity contribution in [1.82, 2.24) is 10.2 Å². The lowest BCUT2D eigenvalue weighted by atomic mass is 10.2. The first-order valence-corrected chi connectivity index (χ1v) is 9.47. The first kappa shape index (κ1) is 19.3. The number of rotatable bonds is 6. The third kappa shape index (κ3) is 4.09. The molecule has 0 fully saturated rings. The molecular weight excluding hydrogens is 475 g/mol. The zero-order chi connectivity index (χ0) is 20.1. The van der Waals surface area contributed by atoms with Crippen LogP contribution in [0.5, 0.6) is 5.75 Å².